The van der Waals surface area contributed by atoms with Crippen molar-refractivity contribution in [1.29, 1.82) is 0 Å². The molecule has 0 unspecified atom stereocenters. The van der Waals surface area contributed by atoms with Gasteiger partial charge >= 0.3 is 0 Å². The summed E-state index contributed by atoms with van der Waals surface area (Å²) in [5.41, 5.74) is 3.58. The van der Waals surface area contributed by atoms with E-state index in [0.29, 0.717) is 6.54 Å². The first-order valence-electron chi connectivity index (χ1n) is 6.70. The first-order valence-corrected chi connectivity index (χ1v) is 6.70. The van der Waals surface area contributed by atoms with E-state index in [1.807, 2.05) is 43.3 Å². The number of ether oxygens (including phenoxy) is 1. The maximum absolute atomic E-state index is 11.0. The van der Waals surface area contributed by atoms with Gasteiger partial charge in [0.15, 0.2) is 0 Å². The van der Waals surface area contributed by atoms with Crippen LogP contribution in [0.5, 0.6) is 5.75 Å². The molecule has 0 saturated heterocycles. The van der Waals surface area contributed by atoms with E-state index in [2.05, 4.69) is 15.6 Å². The van der Waals surface area contributed by atoms with Crippen molar-refractivity contribution in [2.45, 2.75) is 20.4 Å². The summed E-state index contributed by atoms with van der Waals surface area (Å²) in [6.45, 7) is 4.04. The van der Waals surface area contributed by atoms with Crippen molar-refractivity contribution in [3.63, 3.8) is 0 Å². The van der Waals surface area contributed by atoms with Gasteiger partial charge in [0.25, 0.3) is 0 Å². The highest BCUT2D eigenvalue weighted by atomic mass is 16.5. The van der Waals surface area contributed by atoms with Crippen molar-refractivity contribution in [2.24, 2.45) is 0 Å². The van der Waals surface area contributed by atoms with E-state index in [-0.39, 0.29) is 5.91 Å². The first kappa shape index (κ1) is 14.8. The average molecular weight is 285 g/mol. The molecule has 0 aliphatic heterocycles. The molecule has 1 aromatic heterocycles. The fraction of sp³-hybridized carbons (Fsp3) is 0.250. The molecule has 2 rings (SSSR count). The van der Waals surface area contributed by atoms with Gasteiger partial charge in [-0.1, -0.05) is 0 Å². The van der Waals surface area contributed by atoms with Crippen molar-refractivity contribution in [3.05, 3.63) is 47.8 Å². The Balaban J connectivity index is 1.99. The molecule has 5 nitrogen and oxygen atoms in total. The number of nitrogens with zero attached hydrogens (tertiary/aromatic N) is 1. The number of amides is 1. The Kier molecular flexibility index (Phi) is 4.77. The maximum atomic E-state index is 11.0. The quantitative estimate of drug-likeness (QED) is 0.886. The number of hydrogen-bond acceptors (Lipinski definition) is 4. The van der Waals surface area contributed by atoms with Gasteiger partial charge in [0, 0.05) is 36.1 Å². The molecule has 21 heavy (non-hydrogen) atoms. The lowest BCUT2D eigenvalue weighted by molar-refractivity contribution is -0.114. The monoisotopic (exact) mass is 285 g/mol. The molecule has 0 radical (unpaired) electrons. The molecule has 0 saturated carbocycles. The standard InChI is InChI=1S/C16H19N3O2/c1-11-8-16(21-3)9-15(18-11)10-17-13-4-6-14(7-5-13)19-12(2)20/h4-9,17H,10H2,1-3H3,(H,19,20). The van der Waals surface area contributed by atoms with Crippen molar-refractivity contribution >= 4 is 17.3 Å². The second-order valence-corrected chi connectivity index (χ2v) is 4.75. The molecule has 0 fully saturated rings. The largest absolute Gasteiger partial charge is 0.497 e. The highest BCUT2D eigenvalue weighted by Crippen LogP contribution is 2.16. The van der Waals surface area contributed by atoms with Crippen LogP contribution in [0.3, 0.4) is 0 Å². The predicted molar refractivity (Wildman–Crippen MR) is 83.6 cm³/mol. The number of pyridine rings is 1. The van der Waals surface area contributed by atoms with Crippen LogP contribution < -0.4 is 15.4 Å². The molecule has 2 aromatic rings. The molecule has 1 aromatic carbocycles. The average Bonchev–Trinajstić information content (AvgIpc) is 2.45. The molecule has 0 aliphatic rings. The van der Waals surface area contributed by atoms with Crippen LogP contribution in [0.25, 0.3) is 0 Å². The molecule has 0 atom stereocenters. The summed E-state index contributed by atoms with van der Waals surface area (Å²) in [7, 11) is 1.65. The van der Waals surface area contributed by atoms with Gasteiger partial charge in [-0.2, -0.15) is 0 Å². The SMILES string of the molecule is COc1cc(C)nc(CNc2ccc(NC(C)=O)cc2)c1. The summed E-state index contributed by atoms with van der Waals surface area (Å²) >= 11 is 0. The van der Waals surface area contributed by atoms with Crippen molar-refractivity contribution in [1.82, 2.24) is 4.98 Å². The minimum atomic E-state index is -0.0771. The van der Waals surface area contributed by atoms with E-state index in [1.165, 1.54) is 6.92 Å². The topological polar surface area (TPSA) is 63.2 Å². The third-order valence-electron chi connectivity index (χ3n) is 2.89. The van der Waals surface area contributed by atoms with Gasteiger partial charge in [-0.15, -0.1) is 0 Å². The molecular weight excluding hydrogens is 266 g/mol. The van der Waals surface area contributed by atoms with Gasteiger partial charge < -0.3 is 15.4 Å². The Morgan fingerprint density at radius 1 is 1.19 bits per heavy atom. The number of carbonyl (C=O) groups excluding carboxylic acids is 1. The number of hydrogen-bond donors (Lipinski definition) is 2. The Hall–Kier alpha value is -2.56. The molecule has 1 amide bonds. The maximum Gasteiger partial charge on any atom is 0.221 e. The van der Waals surface area contributed by atoms with Crippen LogP contribution in [0.15, 0.2) is 36.4 Å². The second kappa shape index (κ2) is 6.74. The van der Waals surface area contributed by atoms with Gasteiger partial charge in [0.1, 0.15) is 5.75 Å². The van der Waals surface area contributed by atoms with E-state index >= 15 is 0 Å². The number of methoxy groups -OCH3 is 1. The number of aryl methyl sites for hydroxylation is 1. The van der Waals surface area contributed by atoms with Crippen LogP contribution in [0.1, 0.15) is 18.3 Å². The van der Waals surface area contributed by atoms with E-state index < -0.39 is 0 Å². The molecule has 5 heteroatoms. The van der Waals surface area contributed by atoms with E-state index in [0.717, 1.165) is 28.5 Å². The Morgan fingerprint density at radius 3 is 2.48 bits per heavy atom. The molecular formula is C16H19N3O2. The van der Waals surface area contributed by atoms with Gasteiger partial charge in [0.2, 0.25) is 5.91 Å². The highest BCUT2D eigenvalue weighted by Gasteiger charge is 2.01. The zero-order chi connectivity index (χ0) is 15.2. The Labute approximate surface area is 124 Å². The summed E-state index contributed by atoms with van der Waals surface area (Å²) in [5, 5.41) is 6.02. The van der Waals surface area contributed by atoms with Crippen LogP contribution in [-0.4, -0.2) is 18.0 Å². The number of anilines is 2. The Bertz CT molecular complexity index is 624. The Morgan fingerprint density at radius 2 is 1.86 bits per heavy atom. The van der Waals surface area contributed by atoms with Crippen molar-refractivity contribution < 1.29 is 9.53 Å². The van der Waals surface area contributed by atoms with Crippen LogP contribution in [0.4, 0.5) is 11.4 Å². The van der Waals surface area contributed by atoms with Crippen LogP contribution in [-0.2, 0) is 11.3 Å². The number of rotatable bonds is 5. The third kappa shape index (κ3) is 4.49. The van der Waals surface area contributed by atoms with E-state index in [4.69, 9.17) is 4.74 Å². The van der Waals surface area contributed by atoms with Crippen molar-refractivity contribution in [2.75, 3.05) is 17.7 Å². The highest BCUT2D eigenvalue weighted by molar-refractivity contribution is 5.88. The van der Waals surface area contributed by atoms with Crippen LogP contribution in [0, 0.1) is 6.92 Å². The lowest BCUT2D eigenvalue weighted by atomic mass is 10.2. The summed E-state index contributed by atoms with van der Waals surface area (Å²) in [6, 6.07) is 11.3. The first-order chi connectivity index (χ1) is 10.1. The smallest absolute Gasteiger partial charge is 0.221 e. The van der Waals surface area contributed by atoms with Crippen LogP contribution in [0.2, 0.25) is 0 Å². The second-order valence-electron chi connectivity index (χ2n) is 4.75. The lowest BCUT2D eigenvalue weighted by Gasteiger charge is -2.09. The molecule has 0 bridgehead atoms. The predicted octanol–water partition coefficient (Wildman–Crippen LogP) is 2.97. The number of benzene rings is 1. The van der Waals surface area contributed by atoms with Gasteiger partial charge in [-0.25, -0.2) is 0 Å². The number of aromatic nitrogens is 1. The zero-order valence-corrected chi connectivity index (χ0v) is 12.4. The molecule has 110 valence electrons. The summed E-state index contributed by atoms with van der Waals surface area (Å²) in [5.74, 6) is 0.729. The molecule has 0 aliphatic carbocycles. The molecule has 1 heterocycles. The van der Waals surface area contributed by atoms with Gasteiger partial charge in [0.05, 0.1) is 19.3 Å². The van der Waals surface area contributed by atoms with E-state index in [1.54, 1.807) is 7.11 Å². The lowest BCUT2D eigenvalue weighted by Crippen LogP contribution is -2.06. The minimum absolute atomic E-state index is 0.0771. The normalized spacial score (nSPS) is 10.0. The minimum Gasteiger partial charge on any atom is -0.497 e. The van der Waals surface area contributed by atoms with Crippen LogP contribution >= 0.6 is 0 Å². The number of nitrogens with one attached hydrogen (secondary N) is 2. The van der Waals surface area contributed by atoms with Gasteiger partial charge in [-0.3, -0.25) is 9.78 Å². The summed E-state index contributed by atoms with van der Waals surface area (Å²) in [6.07, 6.45) is 0. The fourth-order valence-corrected chi connectivity index (χ4v) is 1.98. The third-order valence-corrected chi connectivity index (χ3v) is 2.89. The van der Waals surface area contributed by atoms with Gasteiger partial charge in [-0.05, 0) is 31.2 Å². The van der Waals surface area contributed by atoms with Crippen molar-refractivity contribution in [3.8, 4) is 5.75 Å². The van der Waals surface area contributed by atoms with E-state index in [9.17, 15) is 4.79 Å². The number of carbonyl (C=O) groups is 1. The summed E-state index contributed by atoms with van der Waals surface area (Å²) in [4.78, 5) is 15.4. The molecule has 2 N–H and O–H groups in total. The summed E-state index contributed by atoms with van der Waals surface area (Å²) < 4.78 is 5.23. The fourth-order valence-electron chi connectivity index (χ4n) is 1.98. The zero-order valence-electron chi connectivity index (χ0n) is 12.4. The molecule has 0 spiro atoms.